The Bertz CT molecular complexity index is 352. The van der Waals surface area contributed by atoms with Gasteiger partial charge in [-0.15, -0.1) is 0 Å². The molecule has 1 fully saturated rings. The fourth-order valence-electron chi connectivity index (χ4n) is 2.74. The molecule has 2 rings (SSSR count). The van der Waals surface area contributed by atoms with E-state index in [-0.39, 0.29) is 0 Å². The number of benzene rings is 1. The average molecular weight is 297 g/mol. The predicted molar refractivity (Wildman–Crippen MR) is 75.9 cm³/mol. The quantitative estimate of drug-likeness (QED) is 0.702. The molecule has 0 spiro atoms. The fourth-order valence-corrected chi connectivity index (χ4v) is 3.50. The summed E-state index contributed by atoms with van der Waals surface area (Å²) >= 11 is 3.89. The van der Waals surface area contributed by atoms with E-state index in [1.165, 1.54) is 31.2 Å². The van der Waals surface area contributed by atoms with Crippen molar-refractivity contribution in [3.8, 4) is 5.75 Å². The van der Waals surface area contributed by atoms with Gasteiger partial charge < -0.3 is 4.74 Å². The van der Waals surface area contributed by atoms with Gasteiger partial charge in [-0.3, -0.25) is 0 Å². The van der Waals surface area contributed by atoms with Gasteiger partial charge in [-0.1, -0.05) is 47.8 Å². The van der Waals surface area contributed by atoms with Gasteiger partial charge in [-0.05, 0) is 42.9 Å². The van der Waals surface area contributed by atoms with Crippen LogP contribution in [0.5, 0.6) is 5.75 Å². The smallest absolute Gasteiger partial charge is 0.119 e. The summed E-state index contributed by atoms with van der Waals surface area (Å²) in [5.41, 5.74) is 1.80. The van der Waals surface area contributed by atoms with Crippen LogP contribution in [0.2, 0.25) is 0 Å². The van der Waals surface area contributed by atoms with Gasteiger partial charge in [0, 0.05) is 4.83 Å². The third kappa shape index (κ3) is 2.85. The molecule has 1 atom stereocenters. The predicted octanol–water partition coefficient (Wildman–Crippen LogP) is 5.10. The monoisotopic (exact) mass is 296 g/mol. The van der Waals surface area contributed by atoms with E-state index in [0.717, 1.165) is 12.4 Å². The first-order chi connectivity index (χ1) is 8.15. The molecule has 0 bridgehead atoms. The first-order valence-corrected chi connectivity index (χ1v) is 7.44. The van der Waals surface area contributed by atoms with Crippen LogP contribution in [0.1, 0.15) is 49.9 Å². The summed E-state index contributed by atoms with van der Waals surface area (Å²) in [7, 11) is 0. The number of hydrogen-bond acceptors (Lipinski definition) is 1. The van der Waals surface area contributed by atoms with Crippen LogP contribution < -0.4 is 4.74 Å². The second kappa shape index (κ2) is 5.43. The van der Waals surface area contributed by atoms with E-state index in [1.54, 1.807) is 0 Å². The first-order valence-electron chi connectivity index (χ1n) is 6.52. The minimum Gasteiger partial charge on any atom is -0.494 e. The Morgan fingerprint density at radius 1 is 1.24 bits per heavy atom. The van der Waals surface area contributed by atoms with Gasteiger partial charge in [0.05, 0.1) is 6.61 Å². The molecule has 0 N–H and O–H groups in total. The molecule has 0 aliphatic heterocycles. The molecule has 17 heavy (non-hydrogen) atoms. The van der Waals surface area contributed by atoms with Gasteiger partial charge in [0.2, 0.25) is 0 Å². The maximum atomic E-state index is 5.48. The lowest BCUT2D eigenvalue weighted by Gasteiger charge is -2.30. The Morgan fingerprint density at radius 3 is 2.35 bits per heavy atom. The van der Waals surface area contributed by atoms with Crippen molar-refractivity contribution in [2.75, 3.05) is 6.61 Å². The molecule has 0 aromatic heterocycles. The molecule has 1 aromatic carbocycles. The zero-order valence-corrected chi connectivity index (χ0v) is 12.3. The Balaban J connectivity index is 2.11. The van der Waals surface area contributed by atoms with Gasteiger partial charge in [0.25, 0.3) is 0 Å². The van der Waals surface area contributed by atoms with Crippen molar-refractivity contribution in [1.29, 1.82) is 0 Å². The molecule has 1 aliphatic carbocycles. The van der Waals surface area contributed by atoms with E-state index in [4.69, 9.17) is 4.74 Å². The third-order valence-corrected chi connectivity index (χ3v) is 5.48. The van der Waals surface area contributed by atoms with Crippen LogP contribution in [0.3, 0.4) is 0 Å². The lowest BCUT2D eigenvalue weighted by atomic mass is 9.82. The van der Waals surface area contributed by atoms with Crippen molar-refractivity contribution in [2.45, 2.75) is 44.4 Å². The molecule has 0 saturated heterocycles. The van der Waals surface area contributed by atoms with Gasteiger partial charge in [-0.25, -0.2) is 0 Å². The van der Waals surface area contributed by atoms with Crippen molar-refractivity contribution < 1.29 is 4.74 Å². The highest BCUT2D eigenvalue weighted by Gasteiger charge is 2.36. The number of rotatable bonds is 4. The van der Waals surface area contributed by atoms with Crippen molar-refractivity contribution in [3.05, 3.63) is 29.8 Å². The van der Waals surface area contributed by atoms with Crippen molar-refractivity contribution in [1.82, 2.24) is 0 Å². The van der Waals surface area contributed by atoms with Gasteiger partial charge in [0.1, 0.15) is 5.75 Å². The maximum Gasteiger partial charge on any atom is 0.119 e. The molecule has 0 radical (unpaired) electrons. The van der Waals surface area contributed by atoms with Crippen LogP contribution in [0, 0.1) is 5.41 Å². The molecule has 94 valence electrons. The average Bonchev–Trinajstić information content (AvgIpc) is 2.78. The Morgan fingerprint density at radius 2 is 1.82 bits per heavy atom. The SMILES string of the molecule is CCOc1ccc(C(Br)C2(C)CCCC2)cc1. The molecule has 1 nitrogen and oxygen atoms in total. The molecule has 1 aromatic rings. The zero-order chi connectivity index (χ0) is 12.3. The van der Waals surface area contributed by atoms with Crippen LogP contribution >= 0.6 is 15.9 Å². The molecule has 1 unspecified atom stereocenters. The number of hydrogen-bond donors (Lipinski definition) is 0. The zero-order valence-electron chi connectivity index (χ0n) is 10.7. The Labute approximate surface area is 113 Å². The summed E-state index contributed by atoms with van der Waals surface area (Å²) in [5.74, 6) is 0.965. The number of ether oxygens (including phenoxy) is 1. The summed E-state index contributed by atoms with van der Waals surface area (Å²) in [5, 5.41) is 0. The first kappa shape index (κ1) is 12.9. The van der Waals surface area contributed by atoms with Crippen molar-refractivity contribution in [2.24, 2.45) is 5.41 Å². The molecular formula is C15H21BrO. The summed E-state index contributed by atoms with van der Waals surface area (Å²) < 4.78 is 5.48. The normalized spacial score (nSPS) is 20.2. The molecule has 0 amide bonds. The number of alkyl halides is 1. The summed E-state index contributed by atoms with van der Waals surface area (Å²) in [4.78, 5) is 0.466. The van der Waals surface area contributed by atoms with Crippen LogP contribution in [0.25, 0.3) is 0 Å². The maximum absolute atomic E-state index is 5.48. The van der Waals surface area contributed by atoms with Gasteiger partial charge in [0.15, 0.2) is 0 Å². The minimum absolute atomic E-state index is 0.424. The molecule has 2 heteroatoms. The Kier molecular flexibility index (Phi) is 4.13. The highest BCUT2D eigenvalue weighted by atomic mass is 79.9. The van der Waals surface area contributed by atoms with E-state index in [9.17, 15) is 0 Å². The van der Waals surface area contributed by atoms with Gasteiger partial charge in [-0.2, -0.15) is 0 Å². The third-order valence-electron chi connectivity index (χ3n) is 3.84. The summed E-state index contributed by atoms with van der Waals surface area (Å²) in [6.07, 6.45) is 5.40. The minimum atomic E-state index is 0.424. The van der Waals surface area contributed by atoms with E-state index < -0.39 is 0 Å². The lowest BCUT2D eigenvalue weighted by molar-refractivity contribution is 0.329. The number of halogens is 1. The van der Waals surface area contributed by atoms with Crippen LogP contribution in [0.15, 0.2) is 24.3 Å². The highest BCUT2D eigenvalue weighted by molar-refractivity contribution is 9.09. The highest BCUT2D eigenvalue weighted by Crippen LogP contribution is 2.51. The molecule has 0 heterocycles. The molecule has 1 aliphatic rings. The van der Waals surface area contributed by atoms with E-state index in [0.29, 0.717) is 10.2 Å². The summed E-state index contributed by atoms with van der Waals surface area (Å²) in [6.45, 7) is 5.14. The van der Waals surface area contributed by atoms with E-state index in [2.05, 4.69) is 47.1 Å². The van der Waals surface area contributed by atoms with Crippen molar-refractivity contribution >= 4 is 15.9 Å². The largest absolute Gasteiger partial charge is 0.494 e. The van der Waals surface area contributed by atoms with E-state index in [1.807, 2.05) is 6.92 Å². The van der Waals surface area contributed by atoms with E-state index >= 15 is 0 Å². The van der Waals surface area contributed by atoms with Crippen LogP contribution in [0.4, 0.5) is 0 Å². The van der Waals surface area contributed by atoms with Gasteiger partial charge >= 0.3 is 0 Å². The lowest BCUT2D eigenvalue weighted by Crippen LogP contribution is -2.17. The second-order valence-corrected chi connectivity index (χ2v) is 6.14. The molecule has 1 saturated carbocycles. The molecular weight excluding hydrogens is 276 g/mol. The standard InChI is InChI=1S/C15H21BrO/c1-3-17-13-8-6-12(7-9-13)14(16)15(2)10-4-5-11-15/h6-9,14H,3-5,10-11H2,1-2H3. The summed E-state index contributed by atoms with van der Waals surface area (Å²) in [6, 6.07) is 8.53. The Hall–Kier alpha value is -0.500. The van der Waals surface area contributed by atoms with Crippen LogP contribution in [-0.2, 0) is 0 Å². The van der Waals surface area contributed by atoms with Crippen molar-refractivity contribution in [3.63, 3.8) is 0 Å². The topological polar surface area (TPSA) is 9.23 Å². The fraction of sp³-hybridized carbons (Fsp3) is 0.600. The second-order valence-electron chi connectivity index (χ2n) is 5.23. The van der Waals surface area contributed by atoms with Crippen LogP contribution in [-0.4, -0.2) is 6.61 Å².